The molecular formula is C16H17FN2O3. The minimum atomic E-state index is -0.896. The maximum absolute atomic E-state index is 13.2. The highest BCUT2D eigenvalue weighted by molar-refractivity contribution is 5.98. The van der Waals surface area contributed by atoms with E-state index in [0.717, 1.165) is 0 Å². The first kappa shape index (κ1) is 15.9. The standard InChI is InChI=1S/C16H17FN2O3/c1-9(5-15(20)21)8-18-16(22)13-6-11-3-4-12(17)7-14(11)19-10(13)2/h3-4,6-7,9H,5,8H2,1-2H3,(H,18,22)(H,20,21). The summed E-state index contributed by atoms with van der Waals surface area (Å²) >= 11 is 0. The summed E-state index contributed by atoms with van der Waals surface area (Å²) in [6, 6.07) is 5.87. The molecule has 116 valence electrons. The van der Waals surface area contributed by atoms with Crippen molar-refractivity contribution in [2.75, 3.05) is 6.54 Å². The minimum Gasteiger partial charge on any atom is -0.481 e. The Labute approximate surface area is 127 Å². The highest BCUT2D eigenvalue weighted by Crippen LogP contribution is 2.17. The first-order chi connectivity index (χ1) is 10.4. The fourth-order valence-electron chi connectivity index (χ4n) is 2.20. The van der Waals surface area contributed by atoms with Crippen LogP contribution >= 0.6 is 0 Å². The Bertz CT molecular complexity index is 731. The van der Waals surface area contributed by atoms with E-state index in [1.807, 2.05) is 0 Å². The van der Waals surface area contributed by atoms with E-state index in [-0.39, 0.29) is 30.6 Å². The van der Waals surface area contributed by atoms with Gasteiger partial charge in [0.1, 0.15) is 5.82 Å². The van der Waals surface area contributed by atoms with Crippen LogP contribution in [0.5, 0.6) is 0 Å². The topological polar surface area (TPSA) is 79.3 Å². The van der Waals surface area contributed by atoms with Gasteiger partial charge in [0, 0.05) is 24.4 Å². The first-order valence-electron chi connectivity index (χ1n) is 6.93. The van der Waals surface area contributed by atoms with Gasteiger partial charge in [-0.25, -0.2) is 4.39 Å². The van der Waals surface area contributed by atoms with Crippen LogP contribution in [0.25, 0.3) is 10.9 Å². The highest BCUT2D eigenvalue weighted by Gasteiger charge is 2.14. The first-order valence-corrected chi connectivity index (χ1v) is 6.93. The molecule has 0 aliphatic carbocycles. The van der Waals surface area contributed by atoms with Crippen molar-refractivity contribution >= 4 is 22.8 Å². The zero-order valence-corrected chi connectivity index (χ0v) is 12.4. The van der Waals surface area contributed by atoms with Gasteiger partial charge in [0.25, 0.3) is 5.91 Å². The Morgan fingerprint density at radius 1 is 1.36 bits per heavy atom. The Hall–Kier alpha value is -2.50. The average Bonchev–Trinajstić information content (AvgIpc) is 2.43. The van der Waals surface area contributed by atoms with Crippen molar-refractivity contribution in [1.29, 1.82) is 0 Å². The van der Waals surface area contributed by atoms with Crippen molar-refractivity contribution in [2.24, 2.45) is 5.92 Å². The molecule has 2 rings (SSSR count). The van der Waals surface area contributed by atoms with Crippen LogP contribution in [-0.2, 0) is 4.79 Å². The number of nitrogens with one attached hydrogen (secondary N) is 1. The molecule has 6 heteroatoms. The van der Waals surface area contributed by atoms with Crippen molar-refractivity contribution < 1.29 is 19.1 Å². The molecule has 1 heterocycles. The normalized spacial score (nSPS) is 12.1. The van der Waals surface area contributed by atoms with Gasteiger partial charge in [-0.15, -0.1) is 0 Å². The Kier molecular flexibility index (Phi) is 4.70. The Morgan fingerprint density at radius 3 is 2.77 bits per heavy atom. The zero-order chi connectivity index (χ0) is 16.3. The van der Waals surface area contributed by atoms with Crippen molar-refractivity contribution in [3.05, 3.63) is 41.3 Å². The van der Waals surface area contributed by atoms with Gasteiger partial charge in [-0.2, -0.15) is 0 Å². The van der Waals surface area contributed by atoms with Gasteiger partial charge in [-0.3, -0.25) is 14.6 Å². The van der Waals surface area contributed by atoms with Crippen LogP contribution in [0.15, 0.2) is 24.3 Å². The van der Waals surface area contributed by atoms with E-state index in [4.69, 9.17) is 5.11 Å². The Morgan fingerprint density at radius 2 is 2.09 bits per heavy atom. The summed E-state index contributed by atoms with van der Waals surface area (Å²) in [6.45, 7) is 3.70. The van der Waals surface area contributed by atoms with E-state index in [9.17, 15) is 14.0 Å². The van der Waals surface area contributed by atoms with Gasteiger partial charge in [0.2, 0.25) is 0 Å². The number of carbonyl (C=O) groups excluding carboxylic acids is 1. The fraction of sp³-hybridized carbons (Fsp3) is 0.312. The predicted molar refractivity (Wildman–Crippen MR) is 80.2 cm³/mol. The van der Waals surface area contributed by atoms with E-state index >= 15 is 0 Å². The average molecular weight is 304 g/mol. The summed E-state index contributed by atoms with van der Waals surface area (Å²) in [5.41, 5.74) is 1.40. The molecule has 1 amide bonds. The molecule has 1 aromatic heterocycles. The summed E-state index contributed by atoms with van der Waals surface area (Å²) < 4.78 is 13.2. The predicted octanol–water partition coefficient (Wildman–Crippen LogP) is 2.52. The monoisotopic (exact) mass is 304 g/mol. The smallest absolute Gasteiger partial charge is 0.303 e. The Balaban J connectivity index is 2.16. The van der Waals surface area contributed by atoms with E-state index in [2.05, 4.69) is 10.3 Å². The third-order valence-corrected chi connectivity index (χ3v) is 3.35. The number of carbonyl (C=O) groups is 2. The lowest BCUT2D eigenvalue weighted by Gasteiger charge is -2.12. The second kappa shape index (κ2) is 6.51. The SMILES string of the molecule is Cc1nc2cc(F)ccc2cc1C(=O)NCC(C)CC(=O)O. The number of hydrogen-bond donors (Lipinski definition) is 2. The number of fused-ring (bicyclic) bond motifs is 1. The molecule has 0 aliphatic rings. The fourth-order valence-corrected chi connectivity index (χ4v) is 2.20. The van der Waals surface area contributed by atoms with E-state index < -0.39 is 5.97 Å². The molecule has 1 aromatic carbocycles. The molecule has 0 bridgehead atoms. The number of halogens is 1. The molecule has 2 aromatic rings. The number of rotatable bonds is 5. The van der Waals surface area contributed by atoms with Crippen LogP contribution in [0.1, 0.15) is 29.4 Å². The summed E-state index contributed by atoms with van der Waals surface area (Å²) in [4.78, 5) is 27.0. The minimum absolute atomic E-state index is 0.00545. The molecule has 5 nitrogen and oxygen atoms in total. The number of carboxylic acid groups (broad SMARTS) is 1. The van der Waals surface area contributed by atoms with Crippen LogP contribution in [-0.4, -0.2) is 28.5 Å². The van der Waals surface area contributed by atoms with Gasteiger partial charge in [-0.1, -0.05) is 6.92 Å². The van der Waals surface area contributed by atoms with E-state index in [1.165, 1.54) is 12.1 Å². The quantitative estimate of drug-likeness (QED) is 0.889. The maximum atomic E-state index is 13.2. The van der Waals surface area contributed by atoms with E-state index in [1.54, 1.807) is 26.0 Å². The lowest BCUT2D eigenvalue weighted by atomic mass is 10.1. The number of benzene rings is 1. The van der Waals surface area contributed by atoms with Crippen LogP contribution in [0.3, 0.4) is 0 Å². The van der Waals surface area contributed by atoms with Crippen LogP contribution in [0, 0.1) is 18.7 Å². The van der Waals surface area contributed by atoms with Gasteiger partial charge in [-0.05, 0) is 31.0 Å². The summed E-state index contributed by atoms with van der Waals surface area (Å²) in [5.74, 6) is -1.75. The molecule has 2 N–H and O–H groups in total. The van der Waals surface area contributed by atoms with Crippen LogP contribution in [0.4, 0.5) is 4.39 Å². The number of pyridine rings is 1. The molecule has 0 radical (unpaired) electrons. The van der Waals surface area contributed by atoms with Crippen molar-refractivity contribution in [3.8, 4) is 0 Å². The van der Waals surface area contributed by atoms with E-state index in [0.29, 0.717) is 22.2 Å². The zero-order valence-electron chi connectivity index (χ0n) is 12.4. The van der Waals surface area contributed by atoms with Gasteiger partial charge < -0.3 is 10.4 Å². The summed E-state index contributed by atoms with van der Waals surface area (Å²) in [7, 11) is 0. The number of aliphatic carboxylic acids is 1. The van der Waals surface area contributed by atoms with Crippen molar-refractivity contribution in [2.45, 2.75) is 20.3 Å². The molecule has 0 saturated heterocycles. The van der Waals surface area contributed by atoms with Crippen molar-refractivity contribution in [1.82, 2.24) is 10.3 Å². The summed E-state index contributed by atoms with van der Waals surface area (Å²) in [6.07, 6.45) is -0.00545. The van der Waals surface area contributed by atoms with Crippen molar-refractivity contribution in [3.63, 3.8) is 0 Å². The molecule has 1 unspecified atom stereocenters. The second-order valence-corrected chi connectivity index (χ2v) is 5.37. The number of amides is 1. The number of nitrogens with zero attached hydrogens (tertiary/aromatic N) is 1. The molecule has 0 spiro atoms. The molecule has 1 atom stereocenters. The number of carboxylic acids is 1. The lowest BCUT2D eigenvalue weighted by Crippen LogP contribution is -2.29. The van der Waals surface area contributed by atoms with Crippen LogP contribution < -0.4 is 5.32 Å². The van der Waals surface area contributed by atoms with Gasteiger partial charge >= 0.3 is 5.97 Å². The number of aromatic nitrogens is 1. The molecule has 0 saturated carbocycles. The number of aryl methyl sites for hydroxylation is 1. The summed E-state index contributed by atoms with van der Waals surface area (Å²) in [5, 5.41) is 12.1. The highest BCUT2D eigenvalue weighted by atomic mass is 19.1. The maximum Gasteiger partial charge on any atom is 0.303 e. The third kappa shape index (κ3) is 3.78. The molecule has 0 fully saturated rings. The lowest BCUT2D eigenvalue weighted by molar-refractivity contribution is -0.137. The molecule has 22 heavy (non-hydrogen) atoms. The van der Waals surface area contributed by atoms with Gasteiger partial charge in [0.15, 0.2) is 0 Å². The van der Waals surface area contributed by atoms with Crippen LogP contribution in [0.2, 0.25) is 0 Å². The van der Waals surface area contributed by atoms with Gasteiger partial charge in [0.05, 0.1) is 16.8 Å². The molecular weight excluding hydrogens is 287 g/mol. The third-order valence-electron chi connectivity index (χ3n) is 3.35. The largest absolute Gasteiger partial charge is 0.481 e. The number of hydrogen-bond acceptors (Lipinski definition) is 3. The second-order valence-electron chi connectivity index (χ2n) is 5.37. The molecule has 0 aliphatic heterocycles.